The smallest absolute Gasteiger partial charge is 0.320 e. The molecule has 0 spiro atoms. The van der Waals surface area contributed by atoms with Gasteiger partial charge in [-0.25, -0.2) is 13.1 Å². The lowest BCUT2D eigenvalue weighted by molar-refractivity contribution is -0.134. The van der Waals surface area contributed by atoms with Gasteiger partial charge in [0.1, 0.15) is 0 Å². The van der Waals surface area contributed by atoms with E-state index >= 15 is 0 Å². The highest BCUT2D eigenvalue weighted by molar-refractivity contribution is 7.90. The van der Waals surface area contributed by atoms with Gasteiger partial charge in [0.05, 0.1) is 13.2 Å². The zero-order valence-electron chi connectivity index (χ0n) is 9.76. The Hall–Kier alpha value is -0.700. The number of hydrogen-bond donors (Lipinski definition) is 2. The summed E-state index contributed by atoms with van der Waals surface area (Å²) in [5, 5.41) is 8.44. The Morgan fingerprint density at radius 2 is 2.06 bits per heavy atom. The van der Waals surface area contributed by atoms with Crippen molar-refractivity contribution in [2.75, 3.05) is 38.6 Å². The maximum atomic E-state index is 11.4. The van der Waals surface area contributed by atoms with Crippen molar-refractivity contribution in [3.05, 3.63) is 0 Å². The van der Waals surface area contributed by atoms with Crippen molar-refractivity contribution in [1.29, 1.82) is 0 Å². The number of nitrogens with one attached hydrogen (secondary N) is 1. The van der Waals surface area contributed by atoms with E-state index < -0.39 is 21.7 Å². The Kier molecular flexibility index (Phi) is 5.31. The van der Waals surface area contributed by atoms with E-state index in [0.717, 1.165) is 13.1 Å². The summed E-state index contributed by atoms with van der Waals surface area (Å²) in [6, 6.07) is -0.308. The molecule has 2 N–H and O–H groups in total. The predicted octanol–water partition coefficient (Wildman–Crippen LogP) is -1.29. The number of sulfonamides is 1. The number of hydrogen-bond acceptors (Lipinski definition) is 5. The lowest BCUT2D eigenvalue weighted by Gasteiger charge is -2.29. The van der Waals surface area contributed by atoms with Gasteiger partial charge in [0.2, 0.25) is 10.0 Å². The van der Waals surface area contributed by atoms with Gasteiger partial charge in [0, 0.05) is 25.7 Å². The van der Waals surface area contributed by atoms with Crippen LogP contribution in [0.15, 0.2) is 0 Å². The van der Waals surface area contributed by atoms with Gasteiger partial charge >= 0.3 is 5.97 Å². The predicted molar refractivity (Wildman–Crippen MR) is 61.3 cm³/mol. The molecule has 8 heteroatoms. The van der Waals surface area contributed by atoms with Crippen LogP contribution in [0.1, 0.15) is 6.92 Å². The number of nitrogens with zero attached hydrogens (tertiary/aromatic N) is 1. The summed E-state index contributed by atoms with van der Waals surface area (Å²) in [4.78, 5) is 12.4. The number of rotatable bonds is 6. The summed E-state index contributed by atoms with van der Waals surface area (Å²) in [7, 11) is -3.74. The van der Waals surface area contributed by atoms with Crippen LogP contribution in [-0.4, -0.2) is 69.0 Å². The topological polar surface area (TPSA) is 95.9 Å². The van der Waals surface area contributed by atoms with Gasteiger partial charge in [-0.2, -0.15) is 0 Å². The normalized spacial score (nSPS) is 20.1. The molecule has 1 aliphatic heterocycles. The number of carbonyl (C=O) groups is 1. The quantitative estimate of drug-likeness (QED) is 0.621. The highest BCUT2D eigenvalue weighted by atomic mass is 32.2. The fourth-order valence-corrected chi connectivity index (χ4v) is 2.82. The number of carboxylic acids is 1. The SMILES string of the molecule is CC(CN1CCOCC1)NS(=O)(=O)CC(=O)O. The minimum atomic E-state index is -3.74. The number of ether oxygens (including phenoxy) is 1. The number of morpholine rings is 1. The minimum Gasteiger partial charge on any atom is -0.480 e. The van der Waals surface area contributed by atoms with E-state index in [1.54, 1.807) is 6.92 Å². The highest BCUT2D eigenvalue weighted by Gasteiger charge is 2.20. The minimum absolute atomic E-state index is 0.308. The van der Waals surface area contributed by atoms with Crippen molar-refractivity contribution in [3.8, 4) is 0 Å². The molecule has 1 aliphatic rings. The van der Waals surface area contributed by atoms with Crippen LogP contribution in [0.2, 0.25) is 0 Å². The van der Waals surface area contributed by atoms with Crippen LogP contribution in [0, 0.1) is 0 Å². The Bertz CT molecular complexity index is 350. The van der Waals surface area contributed by atoms with Crippen molar-refractivity contribution in [2.45, 2.75) is 13.0 Å². The van der Waals surface area contributed by atoms with Crippen molar-refractivity contribution in [1.82, 2.24) is 9.62 Å². The lowest BCUT2D eigenvalue weighted by atomic mass is 10.3. The van der Waals surface area contributed by atoms with Gasteiger partial charge in [-0.15, -0.1) is 0 Å². The van der Waals surface area contributed by atoms with Gasteiger partial charge in [0.25, 0.3) is 0 Å². The molecule has 100 valence electrons. The summed E-state index contributed by atoms with van der Waals surface area (Å²) in [5.74, 6) is -2.24. The van der Waals surface area contributed by atoms with Crippen molar-refractivity contribution < 1.29 is 23.1 Å². The Labute approximate surface area is 101 Å². The van der Waals surface area contributed by atoms with Crippen LogP contribution in [-0.2, 0) is 19.6 Å². The third kappa shape index (κ3) is 5.97. The Morgan fingerprint density at radius 1 is 1.47 bits per heavy atom. The van der Waals surface area contributed by atoms with Gasteiger partial charge in [-0.05, 0) is 6.92 Å². The molecule has 1 rings (SSSR count). The zero-order chi connectivity index (χ0) is 12.9. The van der Waals surface area contributed by atoms with Gasteiger partial charge in [-0.3, -0.25) is 9.69 Å². The number of aliphatic carboxylic acids is 1. The molecule has 0 bridgehead atoms. The summed E-state index contributed by atoms with van der Waals surface area (Å²) < 4.78 is 30.2. The second kappa shape index (κ2) is 6.29. The second-order valence-corrected chi connectivity index (χ2v) is 5.84. The monoisotopic (exact) mass is 266 g/mol. The van der Waals surface area contributed by atoms with E-state index in [2.05, 4.69) is 9.62 Å². The molecule has 0 saturated carbocycles. The van der Waals surface area contributed by atoms with Crippen LogP contribution >= 0.6 is 0 Å². The van der Waals surface area contributed by atoms with E-state index in [1.165, 1.54) is 0 Å². The highest BCUT2D eigenvalue weighted by Crippen LogP contribution is 1.99. The number of carboxylic acid groups (broad SMARTS) is 1. The van der Waals surface area contributed by atoms with Crippen molar-refractivity contribution in [3.63, 3.8) is 0 Å². The zero-order valence-corrected chi connectivity index (χ0v) is 10.6. The first kappa shape index (κ1) is 14.4. The maximum absolute atomic E-state index is 11.4. The standard InChI is InChI=1S/C9H18N2O5S/c1-8(6-11-2-4-16-5-3-11)10-17(14,15)7-9(12)13/h8,10H,2-7H2,1H3,(H,12,13). The molecular weight excluding hydrogens is 248 g/mol. The average Bonchev–Trinajstić information content (AvgIpc) is 2.15. The molecule has 0 aromatic carbocycles. The molecule has 17 heavy (non-hydrogen) atoms. The molecule has 1 unspecified atom stereocenters. The van der Waals surface area contributed by atoms with E-state index in [1.807, 2.05) is 0 Å². The molecule has 7 nitrogen and oxygen atoms in total. The van der Waals surface area contributed by atoms with Crippen molar-refractivity contribution >= 4 is 16.0 Å². The summed E-state index contributed by atoms with van der Waals surface area (Å²) in [5.41, 5.74) is 0. The van der Waals surface area contributed by atoms with E-state index in [9.17, 15) is 13.2 Å². The molecular formula is C9H18N2O5S. The van der Waals surface area contributed by atoms with Gasteiger partial charge < -0.3 is 9.84 Å². The molecule has 0 aromatic heterocycles. The first-order chi connectivity index (χ1) is 7.89. The third-order valence-electron chi connectivity index (χ3n) is 2.33. The first-order valence-electron chi connectivity index (χ1n) is 5.41. The maximum Gasteiger partial charge on any atom is 0.320 e. The second-order valence-electron chi connectivity index (χ2n) is 4.08. The molecule has 0 aliphatic carbocycles. The average molecular weight is 266 g/mol. The third-order valence-corrected chi connectivity index (χ3v) is 3.72. The van der Waals surface area contributed by atoms with Crippen LogP contribution in [0.5, 0.6) is 0 Å². The van der Waals surface area contributed by atoms with Crippen LogP contribution < -0.4 is 4.72 Å². The van der Waals surface area contributed by atoms with Crippen LogP contribution in [0.25, 0.3) is 0 Å². The lowest BCUT2D eigenvalue weighted by Crippen LogP contribution is -2.46. The molecule has 0 radical (unpaired) electrons. The Morgan fingerprint density at radius 3 is 2.59 bits per heavy atom. The van der Waals surface area contributed by atoms with Crippen LogP contribution in [0.3, 0.4) is 0 Å². The molecule has 1 fully saturated rings. The van der Waals surface area contributed by atoms with Gasteiger partial charge in [-0.1, -0.05) is 0 Å². The Balaban J connectivity index is 2.37. The first-order valence-corrected chi connectivity index (χ1v) is 7.06. The largest absolute Gasteiger partial charge is 0.480 e. The molecule has 1 heterocycles. The molecule has 1 saturated heterocycles. The summed E-state index contributed by atoms with van der Waals surface area (Å²) in [6.07, 6.45) is 0. The van der Waals surface area contributed by atoms with E-state index in [0.29, 0.717) is 19.8 Å². The summed E-state index contributed by atoms with van der Waals surface area (Å²) >= 11 is 0. The fourth-order valence-electron chi connectivity index (χ4n) is 1.72. The van der Waals surface area contributed by atoms with Crippen LogP contribution in [0.4, 0.5) is 0 Å². The van der Waals surface area contributed by atoms with Gasteiger partial charge in [0.15, 0.2) is 5.75 Å². The molecule has 0 aromatic rings. The summed E-state index contributed by atoms with van der Waals surface area (Å²) in [6.45, 7) is 5.11. The van der Waals surface area contributed by atoms with E-state index in [4.69, 9.17) is 9.84 Å². The van der Waals surface area contributed by atoms with Crippen molar-refractivity contribution in [2.24, 2.45) is 0 Å². The van der Waals surface area contributed by atoms with E-state index in [-0.39, 0.29) is 6.04 Å². The molecule has 0 amide bonds. The fraction of sp³-hybridized carbons (Fsp3) is 0.889. The molecule has 1 atom stereocenters.